The molecule has 1 unspecified atom stereocenters. The zero-order valence-corrected chi connectivity index (χ0v) is 13.2. The van der Waals surface area contributed by atoms with Gasteiger partial charge in [-0.1, -0.05) is 12.1 Å². The van der Waals surface area contributed by atoms with Gasteiger partial charge in [-0.25, -0.2) is 8.42 Å². The Balaban J connectivity index is 1.94. The summed E-state index contributed by atoms with van der Waals surface area (Å²) in [7, 11) is -1.51. The molecule has 1 aromatic carbocycles. The first-order chi connectivity index (χ1) is 9.90. The molecular weight excluding hydrogens is 290 g/mol. The van der Waals surface area contributed by atoms with Gasteiger partial charge in [-0.3, -0.25) is 4.79 Å². The Morgan fingerprint density at radius 3 is 2.57 bits per heavy atom. The SMILES string of the molecule is COCC1CCN(C(=O)Cc2ccc(S(C)(=O)=O)cc2)C1. The second kappa shape index (κ2) is 6.58. The molecule has 1 heterocycles. The maximum absolute atomic E-state index is 12.2. The second-order valence-electron chi connectivity index (χ2n) is 5.54. The van der Waals surface area contributed by atoms with Crippen molar-refractivity contribution in [3.05, 3.63) is 29.8 Å². The lowest BCUT2D eigenvalue weighted by Gasteiger charge is -2.16. The van der Waals surface area contributed by atoms with Gasteiger partial charge in [0.25, 0.3) is 0 Å². The van der Waals surface area contributed by atoms with Crippen LogP contribution in [-0.2, 0) is 25.8 Å². The van der Waals surface area contributed by atoms with Gasteiger partial charge in [0.05, 0.1) is 17.9 Å². The van der Waals surface area contributed by atoms with Crippen LogP contribution < -0.4 is 0 Å². The van der Waals surface area contributed by atoms with Gasteiger partial charge in [0.15, 0.2) is 9.84 Å². The Labute approximate surface area is 125 Å². The van der Waals surface area contributed by atoms with Gasteiger partial charge in [-0.15, -0.1) is 0 Å². The van der Waals surface area contributed by atoms with Crippen LogP contribution in [0.25, 0.3) is 0 Å². The molecular formula is C15H21NO4S. The molecule has 1 aliphatic heterocycles. The highest BCUT2D eigenvalue weighted by atomic mass is 32.2. The minimum Gasteiger partial charge on any atom is -0.384 e. The fraction of sp³-hybridized carbons (Fsp3) is 0.533. The van der Waals surface area contributed by atoms with Crippen molar-refractivity contribution >= 4 is 15.7 Å². The number of likely N-dealkylation sites (tertiary alicyclic amines) is 1. The van der Waals surface area contributed by atoms with Gasteiger partial charge in [-0.2, -0.15) is 0 Å². The van der Waals surface area contributed by atoms with Crippen molar-refractivity contribution < 1.29 is 17.9 Å². The van der Waals surface area contributed by atoms with Crippen molar-refractivity contribution in [2.75, 3.05) is 33.1 Å². The summed E-state index contributed by atoms with van der Waals surface area (Å²) in [6.45, 7) is 2.20. The quantitative estimate of drug-likeness (QED) is 0.818. The molecule has 0 radical (unpaired) electrons. The van der Waals surface area contributed by atoms with E-state index in [1.165, 1.54) is 6.26 Å². The maximum atomic E-state index is 12.2. The van der Waals surface area contributed by atoms with Crippen LogP contribution in [0.3, 0.4) is 0 Å². The van der Waals surface area contributed by atoms with Crippen molar-refractivity contribution in [2.45, 2.75) is 17.7 Å². The van der Waals surface area contributed by atoms with E-state index in [1.54, 1.807) is 31.4 Å². The summed E-state index contributed by atoms with van der Waals surface area (Å²) in [5, 5.41) is 0. The van der Waals surface area contributed by atoms with Crippen molar-refractivity contribution in [3.63, 3.8) is 0 Å². The van der Waals surface area contributed by atoms with Crippen LogP contribution in [0.1, 0.15) is 12.0 Å². The highest BCUT2D eigenvalue weighted by molar-refractivity contribution is 7.90. The predicted molar refractivity (Wildman–Crippen MR) is 79.8 cm³/mol. The molecule has 116 valence electrons. The highest BCUT2D eigenvalue weighted by Gasteiger charge is 2.25. The van der Waals surface area contributed by atoms with Gasteiger partial charge in [0.2, 0.25) is 5.91 Å². The average molecular weight is 311 g/mol. The minimum atomic E-state index is -3.19. The number of carbonyl (C=O) groups excluding carboxylic acids is 1. The summed E-state index contributed by atoms with van der Waals surface area (Å²) in [5.41, 5.74) is 0.836. The molecule has 0 N–H and O–H groups in total. The molecule has 0 bridgehead atoms. The largest absolute Gasteiger partial charge is 0.384 e. The van der Waals surface area contributed by atoms with E-state index in [0.29, 0.717) is 18.9 Å². The first-order valence-corrected chi connectivity index (χ1v) is 8.85. The average Bonchev–Trinajstić information content (AvgIpc) is 2.87. The number of ether oxygens (including phenoxy) is 1. The molecule has 0 aromatic heterocycles. The smallest absolute Gasteiger partial charge is 0.227 e. The zero-order chi connectivity index (χ0) is 15.5. The minimum absolute atomic E-state index is 0.0840. The van der Waals surface area contributed by atoms with Crippen molar-refractivity contribution in [2.24, 2.45) is 5.92 Å². The summed E-state index contributed by atoms with van der Waals surface area (Å²) < 4.78 is 27.9. The number of benzene rings is 1. The zero-order valence-electron chi connectivity index (χ0n) is 12.4. The first kappa shape index (κ1) is 16.0. The first-order valence-electron chi connectivity index (χ1n) is 6.96. The monoisotopic (exact) mass is 311 g/mol. The van der Waals surface area contributed by atoms with Gasteiger partial charge in [0, 0.05) is 32.4 Å². The summed E-state index contributed by atoms with van der Waals surface area (Å²) in [6.07, 6.45) is 2.46. The van der Waals surface area contributed by atoms with Crippen LogP contribution in [0, 0.1) is 5.92 Å². The van der Waals surface area contributed by atoms with E-state index in [9.17, 15) is 13.2 Å². The Morgan fingerprint density at radius 1 is 1.33 bits per heavy atom. The number of methoxy groups -OCH3 is 1. The lowest BCUT2D eigenvalue weighted by atomic mass is 10.1. The van der Waals surface area contributed by atoms with Gasteiger partial charge in [0.1, 0.15) is 0 Å². The van der Waals surface area contributed by atoms with Gasteiger partial charge in [-0.05, 0) is 24.1 Å². The predicted octanol–water partition coefficient (Wildman–Crippen LogP) is 1.13. The lowest BCUT2D eigenvalue weighted by molar-refractivity contribution is -0.129. The maximum Gasteiger partial charge on any atom is 0.227 e. The molecule has 6 heteroatoms. The van der Waals surface area contributed by atoms with Crippen molar-refractivity contribution in [3.8, 4) is 0 Å². The number of carbonyl (C=O) groups is 1. The molecule has 1 saturated heterocycles. The molecule has 1 aromatic rings. The third-order valence-electron chi connectivity index (χ3n) is 3.75. The number of sulfone groups is 1. The molecule has 0 spiro atoms. The summed E-state index contributed by atoms with van der Waals surface area (Å²) in [6, 6.07) is 6.51. The number of amides is 1. The molecule has 0 aliphatic carbocycles. The topological polar surface area (TPSA) is 63.7 Å². The number of nitrogens with zero attached hydrogens (tertiary/aromatic N) is 1. The van der Waals surface area contributed by atoms with Crippen LogP contribution in [0.5, 0.6) is 0 Å². The van der Waals surface area contributed by atoms with E-state index in [1.807, 2.05) is 4.90 Å². The molecule has 1 aliphatic rings. The van der Waals surface area contributed by atoms with E-state index in [2.05, 4.69) is 0 Å². The van der Waals surface area contributed by atoms with Gasteiger partial charge < -0.3 is 9.64 Å². The van der Waals surface area contributed by atoms with Crippen LogP contribution in [0.4, 0.5) is 0 Å². The fourth-order valence-electron chi connectivity index (χ4n) is 2.57. The van der Waals surface area contributed by atoms with Crippen LogP contribution in [0.15, 0.2) is 29.2 Å². The Hall–Kier alpha value is -1.40. The van der Waals surface area contributed by atoms with E-state index in [-0.39, 0.29) is 10.8 Å². The third-order valence-corrected chi connectivity index (χ3v) is 4.88. The molecule has 2 rings (SSSR count). The van der Waals surface area contributed by atoms with Crippen molar-refractivity contribution in [1.82, 2.24) is 4.90 Å². The molecule has 21 heavy (non-hydrogen) atoms. The highest BCUT2D eigenvalue weighted by Crippen LogP contribution is 2.18. The number of hydrogen-bond donors (Lipinski definition) is 0. The summed E-state index contributed by atoms with van der Waals surface area (Å²) in [4.78, 5) is 14.3. The van der Waals surface area contributed by atoms with Crippen LogP contribution in [-0.4, -0.2) is 52.3 Å². The van der Waals surface area contributed by atoms with Gasteiger partial charge >= 0.3 is 0 Å². The van der Waals surface area contributed by atoms with E-state index in [0.717, 1.165) is 25.1 Å². The Bertz CT molecular complexity index is 595. The van der Waals surface area contributed by atoms with Crippen LogP contribution in [0.2, 0.25) is 0 Å². The Kier molecular flexibility index (Phi) is 5.00. The van der Waals surface area contributed by atoms with E-state index >= 15 is 0 Å². The molecule has 1 atom stereocenters. The normalized spacial score (nSPS) is 19.0. The van der Waals surface area contributed by atoms with Crippen molar-refractivity contribution in [1.29, 1.82) is 0 Å². The summed E-state index contributed by atoms with van der Waals surface area (Å²) >= 11 is 0. The molecule has 5 nitrogen and oxygen atoms in total. The number of hydrogen-bond acceptors (Lipinski definition) is 4. The van der Waals surface area contributed by atoms with E-state index in [4.69, 9.17) is 4.74 Å². The number of rotatable bonds is 5. The second-order valence-corrected chi connectivity index (χ2v) is 7.56. The molecule has 0 saturated carbocycles. The summed E-state index contributed by atoms with van der Waals surface area (Å²) in [5.74, 6) is 0.507. The fourth-order valence-corrected chi connectivity index (χ4v) is 3.20. The third kappa shape index (κ3) is 4.28. The molecule has 1 amide bonds. The van der Waals surface area contributed by atoms with Crippen LogP contribution >= 0.6 is 0 Å². The standard InChI is InChI=1S/C15H21NO4S/c1-20-11-13-7-8-16(10-13)15(17)9-12-3-5-14(6-4-12)21(2,18)19/h3-6,13H,7-11H2,1-2H3. The van der Waals surface area contributed by atoms with E-state index < -0.39 is 9.84 Å². The Morgan fingerprint density at radius 2 is 2.00 bits per heavy atom. The molecule has 1 fully saturated rings. The lowest BCUT2D eigenvalue weighted by Crippen LogP contribution is -2.30.